The molecule has 120 valence electrons. The maximum absolute atomic E-state index is 12.3. The van der Waals surface area contributed by atoms with E-state index in [2.05, 4.69) is 10.3 Å². The van der Waals surface area contributed by atoms with E-state index in [1.807, 2.05) is 13.8 Å². The summed E-state index contributed by atoms with van der Waals surface area (Å²) in [7, 11) is 0. The van der Waals surface area contributed by atoms with Crippen molar-refractivity contribution in [2.45, 2.75) is 31.7 Å². The zero-order valence-electron chi connectivity index (χ0n) is 12.9. The van der Waals surface area contributed by atoms with Crippen LogP contribution in [-0.4, -0.2) is 27.3 Å². The minimum atomic E-state index is -0.452. The summed E-state index contributed by atoms with van der Waals surface area (Å²) in [5, 5.41) is 3.38. The van der Waals surface area contributed by atoms with Gasteiger partial charge in [0.1, 0.15) is 11.3 Å². The Kier molecular flexibility index (Phi) is 4.38. The molecule has 0 spiro atoms. The van der Waals surface area contributed by atoms with Gasteiger partial charge in [0.15, 0.2) is 5.16 Å². The van der Waals surface area contributed by atoms with Crippen molar-refractivity contribution in [3.63, 3.8) is 0 Å². The minimum absolute atomic E-state index is 0.0544. The first-order valence-corrected chi connectivity index (χ1v) is 8.34. The normalized spacial score (nSPS) is 13.0. The number of hydrogen-bond acceptors (Lipinski definition) is 5. The van der Waals surface area contributed by atoms with Crippen LogP contribution in [0.15, 0.2) is 40.4 Å². The van der Waals surface area contributed by atoms with Crippen LogP contribution in [0.5, 0.6) is 5.75 Å². The van der Waals surface area contributed by atoms with Crippen molar-refractivity contribution in [1.29, 1.82) is 0 Å². The molecular formula is C16H17N3O3S. The van der Waals surface area contributed by atoms with Crippen LogP contribution in [0.3, 0.4) is 0 Å². The standard InChI is InChI=1S/C16H17N3O3S/c1-10(2)22-12-5-3-11(4-6-12)18-14(20)13-9-17-16-19(15(13)21)7-8-23-16/h3-6,9-10H,7-8H2,1-2H3,(H,18,20). The van der Waals surface area contributed by atoms with Gasteiger partial charge in [-0.1, -0.05) is 11.8 Å². The molecule has 1 N–H and O–H groups in total. The lowest BCUT2D eigenvalue weighted by Crippen LogP contribution is -2.29. The molecule has 2 aromatic rings. The van der Waals surface area contributed by atoms with Gasteiger partial charge in [0.05, 0.1) is 6.10 Å². The van der Waals surface area contributed by atoms with E-state index in [1.165, 1.54) is 18.0 Å². The molecule has 1 aliphatic rings. The molecule has 6 nitrogen and oxygen atoms in total. The predicted octanol–water partition coefficient (Wildman–Crippen LogP) is 2.39. The van der Waals surface area contributed by atoms with Gasteiger partial charge in [-0.3, -0.25) is 14.2 Å². The highest BCUT2D eigenvalue weighted by molar-refractivity contribution is 7.99. The largest absolute Gasteiger partial charge is 0.491 e. The number of hydrogen-bond donors (Lipinski definition) is 1. The second-order valence-corrected chi connectivity index (χ2v) is 6.47. The number of benzene rings is 1. The first-order valence-electron chi connectivity index (χ1n) is 7.35. The van der Waals surface area contributed by atoms with Gasteiger partial charge in [-0.05, 0) is 38.1 Å². The molecule has 0 saturated carbocycles. The number of rotatable bonds is 4. The van der Waals surface area contributed by atoms with Crippen LogP contribution in [0, 0.1) is 0 Å². The van der Waals surface area contributed by atoms with Gasteiger partial charge < -0.3 is 10.1 Å². The molecule has 3 rings (SSSR count). The zero-order chi connectivity index (χ0) is 16.4. The minimum Gasteiger partial charge on any atom is -0.491 e. The summed E-state index contributed by atoms with van der Waals surface area (Å²) in [5.41, 5.74) is 0.362. The average molecular weight is 331 g/mol. The molecule has 2 heterocycles. The van der Waals surface area contributed by atoms with E-state index >= 15 is 0 Å². The summed E-state index contributed by atoms with van der Waals surface area (Å²) in [6.45, 7) is 4.48. The van der Waals surface area contributed by atoms with E-state index in [9.17, 15) is 9.59 Å². The van der Waals surface area contributed by atoms with Crippen LogP contribution in [0.25, 0.3) is 0 Å². The van der Waals surface area contributed by atoms with Gasteiger partial charge in [0.2, 0.25) is 0 Å². The van der Waals surface area contributed by atoms with Gasteiger partial charge in [0, 0.05) is 24.2 Å². The Bertz CT molecular complexity index is 784. The van der Waals surface area contributed by atoms with Crippen LogP contribution in [0.1, 0.15) is 24.2 Å². The summed E-state index contributed by atoms with van der Waals surface area (Å²) in [6.07, 6.45) is 1.43. The number of carbonyl (C=O) groups is 1. The zero-order valence-corrected chi connectivity index (χ0v) is 13.7. The molecular weight excluding hydrogens is 314 g/mol. The summed E-state index contributed by atoms with van der Waals surface area (Å²) in [4.78, 5) is 28.8. The third kappa shape index (κ3) is 3.39. The number of carbonyl (C=O) groups excluding carboxylic acids is 1. The molecule has 1 aliphatic heterocycles. The fraction of sp³-hybridized carbons (Fsp3) is 0.312. The van der Waals surface area contributed by atoms with E-state index in [1.54, 1.807) is 28.8 Å². The smallest absolute Gasteiger partial charge is 0.267 e. The Balaban J connectivity index is 1.76. The molecule has 23 heavy (non-hydrogen) atoms. The van der Waals surface area contributed by atoms with Crippen LogP contribution in [-0.2, 0) is 6.54 Å². The van der Waals surface area contributed by atoms with E-state index in [-0.39, 0.29) is 17.2 Å². The Morgan fingerprint density at radius 2 is 2.09 bits per heavy atom. The average Bonchev–Trinajstić information content (AvgIpc) is 2.98. The highest BCUT2D eigenvalue weighted by atomic mass is 32.2. The van der Waals surface area contributed by atoms with Gasteiger partial charge in [-0.25, -0.2) is 4.98 Å². The van der Waals surface area contributed by atoms with Crippen molar-refractivity contribution in [3.05, 3.63) is 46.4 Å². The van der Waals surface area contributed by atoms with E-state index in [4.69, 9.17) is 4.74 Å². The predicted molar refractivity (Wildman–Crippen MR) is 89.4 cm³/mol. The molecule has 0 bridgehead atoms. The number of nitrogens with one attached hydrogen (secondary N) is 1. The topological polar surface area (TPSA) is 73.2 Å². The Morgan fingerprint density at radius 3 is 2.78 bits per heavy atom. The monoisotopic (exact) mass is 331 g/mol. The highest BCUT2D eigenvalue weighted by Gasteiger charge is 2.20. The van der Waals surface area contributed by atoms with Crippen molar-refractivity contribution in [2.75, 3.05) is 11.1 Å². The number of ether oxygens (including phenoxy) is 1. The Morgan fingerprint density at radius 1 is 1.35 bits per heavy atom. The van der Waals surface area contributed by atoms with Gasteiger partial charge in [-0.15, -0.1) is 0 Å². The lowest BCUT2D eigenvalue weighted by atomic mass is 10.2. The Hall–Kier alpha value is -2.28. The lowest BCUT2D eigenvalue weighted by Gasteiger charge is -2.11. The third-order valence-corrected chi connectivity index (χ3v) is 4.26. The molecule has 1 amide bonds. The summed E-state index contributed by atoms with van der Waals surface area (Å²) in [6, 6.07) is 7.04. The second kappa shape index (κ2) is 6.45. The summed E-state index contributed by atoms with van der Waals surface area (Å²) < 4.78 is 7.09. The van der Waals surface area contributed by atoms with Crippen molar-refractivity contribution in [2.24, 2.45) is 0 Å². The van der Waals surface area contributed by atoms with Crippen LogP contribution >= 0.6 is 11.8 Å². The first-order chi connectivity index (χ1) is 11.0. The SMILES string of the molecule is CC(C)Oc1ccc(NC(=O)c2cnc3n(c2=O)CCS3)cc1. The Labute approximate surface area is 137 Å². The van der Waals surface area contributed by atoms with Crippen molar-refractivity contribution in [3.8, 4) is 5.75 Å². The molecule has 1 aromatic carbocycles. The molecule has 7 heteroatoms. The van der Waals surface area contributed by atoms with E-state index in [0.717, 1.165) is 11.5 Å². The highest BCUT2D eigenvalue weighted by Crippen LogP contribution is 2.21. The third-order valence-electron chi connectivity index (χ3n) is 3.29. The maximum Gasteiger partial charge on any atom is 0.267 e. The number of fused-ring (bicyclic) bond motifs is 1. The summed E-state index contributed by atoms with van der Waals surface area (Å²) >= 11 is 1.52. The number of amides is 1. The molecule has 0 fully saturated rings. The number of aromatic nitrogens is 2. The van der Waals surface area contributed by atoms with E-state index in [0.29, 0.717) is 17.4 Å². The fourth-order valence-corrected chi connectivity index (χ4v) is 3.17. The van der Waals surface area contributed by atoms with Crippen LogP contribution in [0.2, 0.25) is 0 Å². The molecule has 1 aromatic heterocycles. The molecule has 0 radical (unpaired) electrons. The fourth-order valence-electron chi connectivity index (χ4n) is 2.26. The second-order valence-electron chi connectivity index (χ2n) is 5.40. The van der Waals surface area contributed by atoms with Gasteiger partial charge in [-0.2, -0.15) is 0 Å². The lowest BCUT2D eigenvalue weighted by molar-refractivity contribution is 0.102. The number of thioether (sulfide) groups is 1. The number of anilines is 1. The van der Waals surface area contributed by atoms with Crippen molar-refractivity contribution in [1.82, 2.24) is 9.55 Å². The van der Waals surface area contributed by atoms with Gasteiger partial charge in [0.25, 0.3) is 11.5 Å². The first kappa shape index (κ1) is 15.6. The van der Waals surface area contributed by atoms with Crippen LogP contribution in [0.4, 0.5) is 5.69 Å². The van der Waals surface area contributed by atoms with Crippen molar-refractivity contribution < 1.29 is 9.53 Å². The van der Waals surface area contributed by atoms with E-state index < -0.39 is 5.91 Å². The van der Waals surface area contributed by atoms with Crippen LogP contribution < -0.4 is 15.6 Å². The summed E-state index contributed by atoms with van der Waals surface area (Å²) in [5.74, 6) is 1.09. The maximum atomic E-state index is 12.3. The molecule has 0 aliphatic carbocycles. The van der Waals surface area contributed by atoms with Gasteiger partial charge >= 0.3 is 0 Å². The van der Waals surface area contributed by atoms with Crippen molar-refractivity contribution >= 4 is 23.4 Å². The molecule has 0 saturated heterocycles. The molecule has 0 unspecified atom stereocenters. The number of nitrogens with zero attached hydrogens (tertiary/aromatic N) is 2. The molecule has 0 atom stereocenters. The quantitative estimate of drug-likeness (QED) is 0.871.